The number of furan rings is 1. The summed E-state index contributed by atoms with van der Waals surface area (Å²) in [6, 6.07) is 4.81. The Morgan fingerprint density at radius 1 is 1.35 bits per heavy atom. The summed E-state index contributed by atoms with van der Waals surface area (Å²) in [6.07, 6.45) is 10.4. The third kappa shape index (κ3) is 2.28. The molecule has 1 saturated carbocycles. The Labute approximate surface area is 104 Å². The molecule has 1 aliphatic heterocycles. The molecule has 0 aromatic carbocycles. The molecule has 2 nitrogen and oxygen atoms in total. The van der Waals surface area contributed by atoms with Crippen LogP contribution in [0.2, 0.25) is 0 Å². The first-order valence-electron chi connectivity index (χ1n) is 7.04. The lowest BCUT2D eigenvalue weighted by atomic mass is 9.73. The van der Waals surface area contributed by atoms with E-state index in [-0.39, 0.29) is 0 Å². The molecule has 0 bridgehead atoms. The molecule has 2 heterocycles. The maximum atomic E-state index is 5.48. The molecule has 0 radical (unpaired) electrons. The van der Waals surface area contributed by atoms with Crippen molar-refractivity contribution in [2.75, 3.05) is 6.54 Å². The van der Waals surface area contributed by atoms with Crippen LogP contribution in [0.5, 0.6) is 0 Å². The van der Waals surface area contributed by atoms with Gasteiger partial charge in [0.1, 0.15) is 5.76 Å². The monoisotopic (exact) mass is 233 g/mol. The fraction of sp³-hybridized carbons (Fsp3) is 0.733. The zero-order valence-corrected chi connectivity index (χ0v) is 10.8. The van der Waals surface area contributed by atoms with E-state index < -0.39 is 0 Å². The summed E-state index contributed by atoms with van der Waals surface area (Å²) in [5.74, 6) is 1.12. The molecule has 0 N–H and O–H groups in total. The molecular formula is C15H23NO. The highest BCUT2D eigenvalue weighted by molar-refractivity contribution is 5.02. The largest absolute Gasteiger partial charge is 0.468 e. The summed E-state index contributed by atoms with van der Waals surface area (Å²) >= 11 is 0. The predicted molar refractivity (Wildman–Crippen MR) is 68.7 cm³/mol. The highest BCUT2D eigenvalue weighted by Gasteiger charge is 2.42. The van der Waals surface area contributed by atoms with Crippen LogP contribution in [0, 0.1) is 5.41 Å². The van der Waals surface area contributed by atoms with Crippen LogP contribution >= 0.6 is 0 Å². The summed E-state index contributed by atoms with van der Waals surface area (Å²) in [6.45, 7) is 4.66. The molecular weight excluding hydrogens is 210 g/mol. The molecule has 3 rings (SSSR count). The molecule has 94 valence electrons. The molecule has 1 aromatic heterocycles. The van der Waals surface area contributed by atoms with Crippen LogP contribution in [0.15, 0.2) is 22.8 Å². The lowest BCUT2D eigenvalue weighted by Crippen LogP contribution is -2.30. The number of hydrogen-bond donors (Lipinski definition) is 0. The van der Waals surface area contributed by atoms with Crippen molar-refractivity contribution in [3.63, 3.8) is 0 Å². The Kier molecular flexibility index (Phi) is 2.99. The van der Waals surface area contributed by atoms with Crippen LogP contribution in [-0.2, 0) is 6.54 Å². The van der Waals surface area contributed by atoms with Gasteiger partial charge in [-0.2, -0.15) is 0 Å². The van der Waals surface area contributed by atoms with Crippen molar-refractivity contribution in [3.05, 3.63) is 24.2 Å². The van der Waals surface area contributed by atoms with Crippen molar-refractivity contribution < 1.29 is 4.42 Å². The van der Waals surface area contributed by atoms with Gasteiger partial charge in [0.2, 0.25) is 0 Å². The standard InChI is InChI=1S/C15H23NO/c1-13-10-15(7-3-2-4-8-15)12-16(13)11-14-6-5-9-17-14/h5-6,9,13H,2-4,7-8,10-12H2,1H3. The van der Waals surface area contributed by atoms with Gasteiger partial charge in [-0.05, 0) is 43.7 Å². The lowest BCUT2D eigenvalue weighted by molar-refractivity contribution is 0.175. The van der Waals surface area contributed by atoms with Crippen LogP contribution in [0.1, 0.15) is 51.2 Å². The highest BCUT2D eigenvalue weighted by atomic mass is 16.3. The first kappa shape index (κ1) is 11.3. The first-order valence-corrected chi connectivity index (χ1v) is 7.04. The Balaban J connectivity index is 1.67. The summed E-state index contributed by atoms with van der Waals surface area (Å²) in [4.78, 5) is 2.62. The van der Waals surface area contributed by atoms with Gasteiger partial charge in [0.25, 0.3) is 0 Å². The van der Waals surface area contributed by atoms with Gasteiger partial charge in [-0.25, -0.2) is 0 Å². The van der Waals surface area contributed by atoms with Crippen molar-refractivity contribution in [3.8, 4) is 0 Å². The van der Waals surface area contributed by atoms with E-state index in [0.29, 0.717) is 5.41 Å². The summed E-state index contributed by atoms with van der Waals surface area (Å²) in [5.41, 5.74) is 0.643. The predicted octanol–water partition coefficient (Wildman–Crippen LogP) is 3.82. The SMILES string of the molecule is CC1CC2(CCCCC2)CN1Cc1ccco1. The van der Waals surface area contributed by atoms with E-state index in [1.165, 1.54) is 45.1 Å². The minimum absolute atomic E-state index is 0.643. The van der Waals surface area contributed by atoms with E-state index in [2.05, 4.69) is 17.9 Å². The second-order valence-corrected chi connectivity index (χ2v) is 6.10. The van der Waals surface area contributed by atoms with Gasteiger partial charge in [-0.1, -0.05) is 19.3 Å². The topological polar surface area (TPSA) is 16.4 Å². The maximum Gasteiger partial charge on any atom is 0.117 e. The number of hydrogen-bond acceptors (Lipinski definition) is 2. The molecule has 2 heteroatoms. The van der Waals surface area contributed by atoms with Gasteiger partial charge in [0, 0.05) is 12.6 Å². The highest BCUT2D eigenvalue weighted by Crippen LogP contribution is 2.46. The van der Waals surface area contributed by atoms with E-state index in [1.807, 2.05) is 6.07 Å². The maximum absolute atomic E-state index is 5.48. The van der Waals surface area contributed by atoms with Gasteiger partial charge in [-0.3, -0.25) is 4.90 Å². The van der Waals surface area contributed by atoms with Crippen LogP contribution in [0.4, 0.5) is 0 Å². The van der Waals surface area contributed by atoms with E-state index in [9.17, 15) is 0 Å². The molecule has 2 fully saturated rings. The molecule has 1 aromatic rings. The number of nitrogens with zero attached hydrogens (tertiary/aromatic N) is 1. The third-order valence-electron chi connectivity index (χ3n) is 4.74. The van der Waals surface area contributed by atoms with Crippen LogP contribution in [-0.4, -0.2) is 17.5 Å². The Morgan fingerprint density at radius 3 is 2.88 bits per heavy atom. The van der Waals surface area contributed by atoms with Crippen molar-refractivity contribution in [1.29, 1.82) is 0 Å². The molecule has 17 heavy (non-hydrogen) atoms. The number of rotatable bonds is 2. The van der Waals surface area contributed by atoms with Crippen LogP contribution in [0.3, 0.4) is 0 Å². The minimum atomic E-state index is 0.643. The fourth-order valence-corrected chi connectivity index (χ4v) is 3.89. The minimum Gasteiger partial charge on any atom is -0.468 e. The molecule has 1 atom stereocenters. The quantitative estimate of drug-likeness (QED) is 0.772. The van der Waals surface area contributed by atoms with Crippen molar-refractivity contribution in [2.24, 2.45) is 5.41 Å². The van der Waals surface area contributed by atoms with E-state index in [0.717, 1.165) is 18.3 Å². The zero-order chi connectivity index (χ0) is 11.7. The molecule has 1 aliphatic carbocycles. The van der Waals surface area contributed by atoms with Gasteiger partial charge >= 0.3 is 0 Å². The molecule has 1 spiro atoms. The van der Waals surface area contributed by atoms with E-state index in [1.54, 1.807) is 6.26 Å². The Bertz CT molecular complexity index is 351. The number of likely N-dealkylation sites (tertiary alicyclic amines) is 1. The smallest absolute Gasteiger partial charge is 0.117 e. The fourth-order valence-electron chi connectivity index (χ4n) is 3.89. The summed E-state index contributed by atoms with van der Waals surface area (Å²) < 4.78 is 5.48. The Hall–Kier alpha value is -0.760. The second-order valence-electron chi connectivity index (χ2n) is 6.10. The molecule has 1 unspecified atom stereocenters. The van der Waals surface area contributed by atoms with Crippen LogP contribution in [0.25, 0.3) is 0 Å². The zero-order valence-electron chi connectivity index (χ0n) is 10.8. The van der Waals surface area contributed by atoms with E-state index in [4.69, 9.17) is 4.42 Å². The van der Waals surface area contributed by atoms with Gasteiger partial charge in [0.15, 0.2) is 0 Å². The van der Waals surface area contributed by atoms with Gasteiger partial charge in [-0.15, -0.1) is 0 Å². The Morgan fingerprint density at radius 2 is 2.18 bits per heavy atom. The van der Waals surface area contributed by atoms with Gasteiger partial charge < -0.3 is 4.42 Å². The lowest BCUT2D eigenvalue weighted by Gasteiger charge is -2.33. The first-order chi connectivity index (χ1) is 8.27. The molecule has 0 amide bonds. The second kappa shape index (κ2) is 4.49. The van der Waals surface area contributed by atoms with Gasteiger partial charge in [0.05, 0.1) is 12.8 Å². The van der Waals surface area contributed by atoms with Crippen molar-refractivity contribution >= 4 is 0 Å². The van der Waals surface area contributed by atoms with E-state index >= 15 is 0 Å². The average Bonchev–Trinajstić information content (AvgIpc) is 2.91. The molecule has 2 aliphatic rings. The third-order valence-corrected chi connectivity index (χ3v) is 4.74. The van der Waals surface area contributed by atoms with Crippen LogP contribution < -0.4 is 0 Å². The summed E-state index contributed by atoms with van der Waals surface area (Å²) in [7, 11) is 0. The van der Waals surface area contributed by atoms with Crippen molar-refractivity contribution in [1.82, 2.24) is 4.90 Å². The summed E-state index contributed by atoms with van der Waals surface area (Å²) in [5, 5.41) is 0. The average molecular weight is 233 g/mol. The molecule has 1 saturated heterocycles. The van der Waals surface area contributed by atoms with Crippen molar-refractivity contribution in [2.45, 2.75) is 58.0 Å². The normalized spacial score (nSPS) is 28.9.